The fourth-order valence-electron chi connectivity index (χ4n) is 2.44. The quantitative estimate of drug-likeness (QED) is 0.209. The molecule has 2 atom stereocenters. The van der Waals surface area contributed by atoms with Crippen LogP contribution in [0.4, 0.5) is 15.8 Å². The second-order valence-corrected chi connectivity index (χ2v) is 10.4. The van der Waals surface area contributed by atoms with Crippen LogP contribution in [0.25, 0.3) is 0 Å². The van der Waals surface area contributed by atoms with Crippen LogP contribution < -0.4 is 5.32 Å². The molecule has 0 spiro atoms. The molecule has 1 N–H and O–H groups in total. The van der Waals surface area contributed by atoms with Crippen molar-refractivity contribution >= 4 is 56.5 Å². The summed E-state index contributed by atoms with van der Waals surface area (Å²) in [6.45, 7) is 5.37. The summed E-state index contributed by atoms with van der Waals surface area (Å²) in [6, 6.07) is 7.89. The van der Waals surface area contributed by atoms with Crippen LogP contribution in [0.5, 0.6) is 0 Å². The third-order valence-electron chi connectivity index (χ3n) is 3.87. The van der Waals surface area contributed by atoms with Gasteiger partial charge in [0.15, 0.2) is 0 Å². The van der Waals surface area contributed by atoms with Crippen molar-refractivity contribution in [3.63, 3.8) is 0 Å². The minimum Gasteiger partial charge on any atom is -0.591 e. The Morgan fingerprint density at radius 3 is 2.66 bits per heavy atom. The zero-order valence-corrected chi connectivity index (χ0v) is 19.1. The summed E-state index contributed by atoms with van der Waals surface area (Å²) in [7, 11) is 0. The summed E-state index contributed by atoms with van der Waals surface area (Å²) >= 11 is 7.85. The molecule has 2 rings (SSSR count). The molecule has 6 nitrogen and oxygen atoms in total. The summed E-state index contributed by atoms with van der Waals surface area (Å²) < 4.78 is 30.7. The van der Waals surface area contributed by atoms with Crippen LogP contribution in [0.2, 0.25) is 5.02 Å². The SMILES string of the molecule is CC(C)(C)[S+]([O-])N=CC[C@@H](Nc1cc(Cl)ccc1[N+](=O)[O-])c1c(F)cccc1Br. The fraction of sp³-hybridized carbons (Fsp3) is 0.316. The van der Waals surface area contributed by atoms with Gasteiger partial charge in [-0.15, -0.1) is 0 Å². The lowest BCUT2D eigenvalue weighted by Gasteiger charge is -2.21. The van der Waals surface area contributed by atoms with E-state index in [-0.39, 0.29) is 23.4 Å². The smallest absolute Gasteiger partial charge is 0.292 e. The van der Waals surface area contributed by atoms with Gasteiger partial charge in [0.1, 0.15) is 27.6 Å². The predicted molar refractivity (Wildman–Crippen MR) is 120 cm³/mol. The van der Waals surface area contributed by atoms with E-state index in [2.05, 4.69) is 25.6 Å². The van der Waals surface area contributed by atoms with Crippen LogP contribution in [-0.2, 0) is 11.4 Å². The molecule has 0 aromatic heterocycles. The van der Waals surface area contributed by atoms with Gasteiger partial charge in [0.2, 0.25) is 0 Å². The number of nitrogens with one attached hydrogen (secondary N) is 1. The first-order valence-electron chi connectivity index (χ1n) is 8.59. The Kier molecular flexibility index (Phi) is 8.04. The van der Waals surface area contributed by atoms with Crippen molar-refractivity contribution in [3.8, 4) is 0 Å². The van der Waals surface area contributed by atoms with Crippen molar-refractivity contribution in [2.24, 2.45) is 4.40 Å². The van der Waals surface area contributed by atoms with E-state index in [4.69, 9.17) is 11.6 Å². The Labute approximate surface area is 185 Å². The summed E-state index contributed by atoms with van der Waals surface area (Å²) in [4.78, 5) is 10.8. The van der Waals surface area contributed by atoms with Gasteiger partial charge in [-0.1, -0.05) is 38.0 Å². The summed E-state index contributed by atoms with van der Waals surface area (Å²) in [5.74, 6) is -0.494. The molecule has 29 heavy (non-hydrogen) atoms. The first kappa shape index (κ1) is 23.6. The van der Waals surface area contributed by atoms with Gasteiger partial charge in [-0.2, -0.15) is 0 Å². The van der Waals surface area contributed by atoms with E-state index in [1.807, 2.05) is 0 Å². The van der Waals surface area contributed by atoms with E-state index in [1.165, 1.54) is 30.5 Å². The van der Waals surface area contributed by atoms with Crippen molar-refractivity contribution in [1.82, 2.24) is 0 Å². The molecule has 0 amide bonds. The largest absolute Gasteiger partial charge is 0.591 e. The Bertz CT molecular complexity index is 904. The molecule has 0 radical (unpaired) electrons. The Morgan fingerprint density at radius 1 is 1.38 bits per heavy atom. The third kappa shape index (κ3) is 6.40. The molecule has 0 aliphatic carbocycles. The second-order valence-electron chi connectivity index (χ2n) is 7.14. The molecule has 0 bridgehead atoms. The number of hydrogen-bond donors (Lipinski definition) is 1. The molecule has 0 aliphatic rings. The lowest BCUT2D eigenvalue weighted by atomic mass is 10.0. The Hall–Kier alpha value is -1.68. The van der Waals surface area contributed by atoms with Gasteiger partial charge in [0, 0.05) is 27.5 Å². The van der Waals surface area contributed by atoms with Crippen LogP contribution >= 0.6 is 27.5 Å². The summed E-state index contributed by atoms with van der Waals surface area (Å²) in [6.07, 6.45) is 1.58. The van der Waals surface area contributed by atoms with Gasteiger partial charge >= 0.3 is 0 Å². The molecule has 156 valence electrons. The number of halogens is 3. The fourth-order valence-corrected chi connectivity index (χ4v) is 3.77. The Morgan fingerprint density at radius 2 is 2.07 bits per heavy atom. The number of nitro benzene ring substituents is 1. The molecule has 0 saturated heterocycles. The monoisotopic (exact) mass is 503 g/mol. The number of anilines is 1. The standard InChI is InChI=1S/C19H20BrClFN3O3S/c1-19(2,3)29(28)23-10-9-15(18-13(20)5-4-6-14(18)22)24-16-11-12(21)7-8-17(16)25(26)27/h4-8,10-11,15,24H,9H2,1-3H3/t15-,29?/m1/s1. The van der Waals surface area contributed by atoms with E-state index in [0.717, 1.165) is 0 Å². The molecular formula is C19H20BrClFN3O3S. The minimum absolute atomic E-state index is 0.144. The van der Waals surface area contributed by atoms with Gasteiger partial charge in [0.25, 0.3) is 5.69 Å². The second kappa shape index (κ2) is 9.88. The molecule has 2 aromatic rings. The van der Waals surface area contributed by atoms with Gasteiger partial charge in [-0.3, -0.25) is 10.1 Å². The van der Waals surface area contributed by atoms with Crippen molar-refractivity contribution in [2.75, 3.05) is 5.32 Å². The summed E-state index contributed by atoms with van der Waals surface area (Å²) in [5.41, 5.74) is 0.227. The molecule has 2 aromatic carbocycles. The summed E-state index contributed by atoms with van der Waals surface area (Å²) in [5, 5.41) is 14.7. The van der Waals surface area contributed by atoms with Crippen molar-refractivity contribution < 1.29 is 13.9 Å². The molecular weight excluding hydrogens is 485 g/mol. The van der Waals surface area contributed by atoms with Crippen molar-refractivity contribution in [3.05, 3.63) is 67.4 Å². The Balaban J connectivity index is 2.43. The molecule has 0 fully saturated rings. The van der Waals surface area contributed by atoms with Crippen LogP contribution in [0.1, 0.15) is 38.8 Å². The number of rotatable bonds is 7. The molecule has 0 saturated carbocycles. The highest BCUT2D eigenvalue weighted by Crippen LogP contribution is 2.35. The predicted octanol–water partition coefficient (Wildman–Crippen LogP) is 6.23. The lowest BCUT2D eigenvalue weighted by molar-refractivity contribution is -0.384. The molecule has 0 aliphatic heterocycles. The maximum absolute atomic E-state index is 14.6. The highest BCUT2D eigenvalue weighted by Gasteiger charge is 2.27. The van der Waals surface area contributed by atoms with E-state index < -0.39 is 32.9 Å². The third-order valence-corrected chi connectivity index (χ3v) is 6.18. The maximum atomic E-state index is 14.6. The normalized spacial score (nSPS) is 14.0. The first-order valence-corrected chi connectivity index (χ1v) is 10.9. The lowest BCUT2D eigenvalue weighted by Crippen LogP contribution is -2.26. The number of nitrogens with zero attached hydrogens (tertiary/aromatic N) is 2. The zero-order valence-electron chi connectivity index (χ0n) is 16.0. The maximum Gasteiger partial charge on any atom is 0.292 e. The first-order chi connectivity index (χ1) is 13.5. The average molecular weight is 505 g/mol. The highest BCUT2D eigenvalue weighted by atomic mass is 79.9. The average Bonchev–Trinajstić information content (AvgIpc) is 2.60. The van der Waals surface area contributed by atoms with Crippen LogP contribution in [0.3, 0.4) is 0 Å². The van der Waals surface area contributed by atoms with Gasteiger partial charge in [-0.25, -0.2) is 4.39 Å². The van der Waals surface area contributed by atoms with Crippen LogP contribution in [-0.4, -0.2) is 20.4 Å². The van der Waals surface area contributed by atoms with Gasteiger partial charge < -0.3 is 9.87 Å². The molecule has 10 heteroatoms. The minimum atomic E-state index is -1.48. The van der Waals surface area contributed by atoms with Crippen LogP contribution in [0.15, 0.2) is 45.3 Å². The van der Waals surface area contributed by atoms with E-state index in [9.17, 15) is 19.1 Å². The molecule has 1 unspecified atom stereocenters. The van der Waals surface area contributed by atoms with Gasteiger partial charge in [0.05, 0.1) is 17.2 Å². The topological polar surface area (TPSA) is 90.6 Å². The number of benzene rings is 2. The van der Waals surface area contributed by atoms with Crippen molar-refractivity contribution in [1.29, 1.82) is 0 Å². The highest BCUT2D eigenvalue weighted by molar-refractivity contribution is 9.10. The number of nitro groups is 1. The zero-order chi connectivity index (χ0) is 21.8. The van der Waals surface area contributed by atoms with Gasteiger partial charge in [-0.05, 0) is 45.0 Å². The van der Waals surface area contributed by atoms with Crippen LogP contribution in [0, 0.1) is 15.9 Å². The van der Waals surface area contributed by atoms with E-state index in [1.54, 1.807) is 32.9 Å². The molecule has 0 heterocycles. The van der Waals surface area contributed by atoms with E-state index >= 15 is 0 Å². The number of hydrogen-bond acceptors (Lipinski definition) is 5. The van der Waals surface area contributed by atoms with E-state index in [0.29, 0.717) is 9.50 Å². The van der Waals surface area contributed by atoms with Crippen molar-refractivity contribution in [2.45, 2.75) is 38.0 Å².